The fourth-order valence-electron chi connectivity index (χ4n) is 3.25. The number of amides is 2. The van der Waals surface area contributed by atoms with Gasteiger partial charge in [-0.15, -0.1) is 11.3 Å². The molecule has 1 saturated heterocycles. The molecule has 2 heterocycles. The van der Waals surface area contributed by atoms with Crippen molar-refractivity contribution in [3.63, 3.8) is 0 Å². The number of likely N-dealkylation sites (N-methyl/N-ethyl adjacent to an activating group) is 1. The zero-order chi connectivity index (χ0) is 21.9. The predicted octanol–water partition coefficient (Wildman–Crippen LogP) is 4.56. The first-order chi connectivity index (χ1) is 14.2. The van der Waals surface area contributed by atoms with Gasteiger partial charge in [-0.1, -0.05) is 0 Å². The van der Waals surface area contributed by atoms with E-state index >= 15 is 0 Å². The Kier molecular flexibility index (Phi) is 7.60. The molecule has 0 spiro atoms. The molecule has 2 amide bonds. The summed E-state index contributed by atoms with van der Waals surface area (Å²) in [6, 6.07) is 9.39. The molecule has 2 N–H and O–H groups in total. The SMILES string of the molecule is CN1CCCN(c2ccc(NC(=O)C(C)(C)NC(=O)c3ccc(Br)s3)cc2Br)CC1. The Morgan fingerprint density at radius 1 is 1.07 bits per heavy atom. The lowest BCUT2D eigenvalue weighted by Gasteiger charge is -2.26. The molecule has 3 rings (SSSR count). The summed E-state index contributed by atoms with van der Waals surface area (Å²) in [5, 5.41) is 5.73. The van der Waals surface area contributed by atoms with Crippen LogP contribution in [0.15, 0.2) is 38.6 Å². The Balaban J connectivity index is 1.65. The van der Waals surface area contributed by atoms with Crippen LogP contribution in [0.1, 0.15) is 29.9 Å². The third-order valence-electron chi connectivity index (χ3n) is 5.06. The molecule has 30 heavy (non-hydrogen) atoms. The van der Waals surface area contributed by atoms with Crippen molar-refractivity contribution in [2.75, 3.05) is 43.4 Å². The van der Waals surface area contributed by atoms with Crippen molar-refractivity contribution >= 4 is 66.4 Å². The van der Waals surface area contributed by atoms with E-state index in [4.69, 9.17) is 0 Å². The van der Waals surface area contributed by atoms with Gasteiger partial charge in [0, 0.05) is 29.8 Å². The number of benzene rings is 1. The number of halogens is 2. The first kappa shape index (κ1) is 23.2. The molecule has 0 saturated carbocycles. The molecule has 1 aliphatic rings. The second-order valence-electron chi connectivity index (χ2n) is 7.95. The van der Waals surface area contributed by atoms with Gasteiger partial charge in [0.25, 0.3) is 5.91 Å². The van der Waals surface area contributed by atoms with Crippen LogP contribution in [0.4, 0.5) is 11.4 Å². The summed E-state index contributed by atoms with van der Waals surface area (Å²) in [7, 11) is 2.15. The minimum absolute atomic E-state index is 0.270. The quantitative estimate of drug-likeness (QED) is 0.565. The largest absolute Gasteiger partial charge is 0.369 e. The van der Waals surface area contributed by atoms with Crippen LogP contribution >= 0.6 is 43.2 Å². The monoisotopic (exact) mass is 556 g/mol. The van der Waals surface area contributed by atoms with E-state index in [1.54, 1.807) is 19.9 Å². The average molecular weight is 558 g/mol. The molecule has 0 unspecified atom stereocenters. The molecule has 9 heteroatoms. The smallest absolute Gasteiger partial charge is 0.262 e. The molecule has 0 atom stereocenters. The fraction of sp³-hybridized carbons (Fsp3) is 0.429. The molecule has 1 aliphatic heterocycles. The summed E-state index contributed by atoms with van der Waals surface area (Å²) in [5.41, 5.74) is 0.747. The van der Waals surface area contributed by atoms with Crippen LogP contribution in [0, 0.1) is 0 Å². The van der Waals surface area contributed by atoms with E-state index in [1.165, 1.54) is 11.3 Å². The van der Waals surface area contributed by atoms with Gasteiger partial charge in [0.15, 0.2) is 0 Å². The van der Waals surface area contributed by atoms with E-state index in [1.807, 2.05) is 24.3 Å². The Labute approximate surface area is 198 Å². The summed E-state index contributed by atoms with van der Waals surface area (Å²) in [5.74, 6) is -0.545. The molecular weight excluding hydrogens is 532 g/mol. The lowest BCUT2D eigenvalue weighted by Crippen LogP contribution is -2.52. The molecule has 162 valence electrons. The van der Waals surface area contributed by atoms with Crippen molar-refractivity contribution < 1.29 is 9.59 Å². The minimum atomic E-state index is -1.06. The highest BCUT2D eigenvalue weighted by molar-refractivity contribution is 9.11. The third kappa shape index (κ3) is 5.84. The molecule has 1 aromatic carbocycles. The lowest BCUT2D eigenvalue weighted by molar-refractivity contribution is -0.120. The van der Waals surface area contributed by atoms with Gasteiger partial charge in [-0.2, -0.15) is 0 Å². The fourth-order valence-corrected chi connectivity index (χ4v) is 5.17. The zero-order valence-corrected chi connectivity index (χ0v) is 21.3. The van der Waals surface area contributed by atoms with Gasteiger partial charge in [0.05, 0.1) is 14.4 Å². The van der Waals surface area contributed by atoms with Gasteiger partial charge in [-0.05, 0) is 96.1 Å². The number of carbonyl (C=O) groups excluding carboxylic acids is 2. The van der Waals surface area contributed by atoms with Crippen LogP contribution in [0.25, 0.3) is 0 Å². The van der Waals surface area contributed by atoms with Crippen molar-refractivity contribution in [1.29, 1.82) is 0 Å². The van der Waals surface area contributed by atoms with E-state index < -0.39 is 5.54 Å². The Morgan fingerprint density at radius 3 is 2.50 bits per heavy atom. The third-order valence-corrected chi connectivity index (χ3v) is 7.31. The molecule has 0 bridgehead atoms. The van der Waals surface area contributed by atoms with Crippen LogP contribution in [-0.4, -0.2) is 55.5 Å². The Bertz CT molecular complexity index is 931. The Hall–Kier alpha value is -1.42. The van der Waals surface area contributed by atoms with Gasteiger partial charge in [0.1, 0.15) is 5.54 Å². The van der Waals surface area contributed by atoms with Gasteiger partial charge in [-0.25, -0.2) is 0 Å². The number of anilines is 2. The molecule has 1 aromatic heterocycles. The molecule has 1 fully saturated rings. The van der Waals surface area contributed by atoms with Crippen LogP contribution in [0.5, 0.6) is 0 Å². The molecule has 0 aliphatic carbocycles. The van der Waals surface area contributed by atoms with Crippen LogP contribution in [-0.2, 0) is 4.79 Å². The Morgan fingerprint density at radius 2 is 1.83 bits per heavy atom. The normalized spacial score (nSPS) is 15.6. The standard InChI is InChI=1S/C21H26Br2N4O2S/c1-21(2,25-19(28)17-7-8-18(23)30-17)20(29)24-14-5-6-16(15(22)13-14)27-10-4-9-26(3)11-12-27/h5-8,13H,4,9-12H2,1-3H3,(H,24,29)(H,25,28). The maximum Gasteiger partial charge on any atom is 0.262 e. The van der Waals surface area contributed by atoms with Crippen molar-refractivity contribution in [2.45, 2.75) is 25.8 Å². The number of nitrogens with zero attached hydrogens (tertiary/aromatic N) is 2. The van der Waals surface area contributed by atoms with Crippen LogP contribution in [0.2, 0.25) is 0 Å². The summed E-state index contributed by atoms with van der Waals surface area (Å²) in [6.45, 7) is 7.50. The van der Waals surface area contributed by atoms with E-state index in [0.717, 1.165) is 46.5 Å². The number of hydrogen-bond acceptors (Lipinski definition) is 5. The topological polar surface area (TPSA) is 64.7 Å². The van der Waals surface area contributed by atoms with Crippen LogP contribution in [0.3, 0.4) is 0 Å². The molecule has 0 radical (unpaired) electrons. The average Bonchev–Trinajstić information content (AvgIpc) is 3.00. The zero-order valence-electron chi connectivity index (χ0n) is 17.3. The van der Waals surface area contributed by atoms with E-state index in [-0.39, 0.29) is 11.8 Å². The van der Waals surface area contributed by atoms with E-state index in [2.05, 4.69) is 59.3 Å². The van der Waals surface area contributed by atoms with Crippen molar-refractivity contribution in [3.8, 4) is 0 Å². The van der Waals surface area contributed by atoms with E-state index in [9.17, 15) is 9.59 Å². The highest BCUT2D eigenvalue weighted by Crippen LogP contribution is 2.30. The number of nitrogens with one attached hydrogen (secondary N) is 2. The predicted molar refractivity (Wildman–Crippen MR) is 131 cm³/mol. The second-order valence-corrected chi connectivity index (χ2v) is 11.3. The first-order valence-electron chi connectivity index (χ1n) is 9.78. The summed E-state index contributed by atoms with van der Waals surface area (Å²) in [6.07, 6.45) is 1.12. The van der Waals surface area contributed by atoms with Crippen molar-refractivity contribution in [3.05, 3.63) is 43.5 Å². The van der Waals surface area contributed by atoms with Gasteiger partial charge >= 0.3 is 0 Å². The highest BCUT2D eigenvalue weighted by Gasteiger charge is 2.30. The second kappa shape index (κ2) is 9.80. The summed E-state index contributed by atoms with van der Waals surface area (Å²) >= 11 is 8.34. The number of rotatable bonds is 5. The molecule has 2 aromatic rings. The highest BCUT2D eigenvalue weighted by atomic mass is 79.9. The lowest BCUT2D eigenvalue weighted by atomic mass is 10.0. The van der Waals surface area contributed by atoms with E-state index in [0.29, 0.717) is 10.6 Å². The van der Waals surface area contributed by atoms with Gasteiger partial charge < -0.3 is 20.4 Å². The maximum atomic E-state index is 12.8. The molecule has 6 nitrogen and oxygen atoms in total. The number of hydrogen-bond donors (Lipinski definition) is 2. The van der Waals surface area contributed by atoms with Crippen LogP contribution < -0.4 is 15.5 Å². The number of thiophene rings is 1. The maximum absolute atomic E-state index is 12.8. The first-order valence-corrected chi connectivity index (χ1v) is 12.2. The summed E-state index contributed by atoms with van der Waals surface area (Å²) in [4.78, 5) is 30.5. The van der Waals surface area contributed by atoms with Gasteiger partial charge in [-0.3, -0.25) is 9.59 Å². The molecular formula is C21H26Br2N4O2S. The summed E-state index contributed by atoms with van der Waals surface area (Å²) < 4.78 is 1.81. The van der Waals surface area contributed by atoms with Crippen molar-refractivity contribution in [2.24, 2.45) is 0 Å². The number of carbonyl (C=O) groups is 2. The van der Waals surface area contributed by atoms with Crippen molar-refractivity contribution in [1.82, 2.24) is 10.2 Å². The van der Waals surface area contributed by atoms with Gasteiger partial charge in [0.2, 0.25) is 5.91 Å². The minimum Gasteiger partial charge on any atom is -0.369 e.